The Labute approximate surface area is 230 Å². The highest BCUT2D eigenvalue weighted by Crippen LogP contribution is 2.45. The number of carbonyl (C=O) groups excluding carboxylic acids is 3. The van der Waals surface area contributed by atoms with Crippen molar-refractivity contribution in [1.82, 2.24) is 10.4 Å². The predicted molar refractivity (Wildman–Crippen MR) is 144 cm³/mol. The third-order valence-electron chi connectivity index (χ3n) is 6.46. The van der Waals surface area contributed by atoms with Crippen molar-refractivity contribution in [3.05, 3.63) is 86.8 Å². The second kappa shape index (κ2) is 10.3. The van der Waals surface area contributed by atoms with E-state index in [0.717, 1.165) is 13.8 Å². The maximum absolute atomic E-state index is 13.9. The van der Waals surface area contributed by atoms with Crippen molar-refractivity contribution >= 4 is 55.3 Å². The minimum Gasteiger partial charge on any atom is -0.496 e. The van der Waals surface area contributed by atoms with Crippen LogP contribution in [0.25, 0.3) is 0 Å². The number of benzene rings is 3. The molecule has 8 nitrogen and oxygen atoms in total. The monoisotopic (exact) mass is 627 g/mol. The van der Waals surface area contributed by atoms with Gasteiger partial charge in [-0.1, -0.05) is 37.9 Å². The molecule has 2 saturated heterocycles. The van der Waals surface area contributed by atoms with Crippen LogP contribution in [0.3, 0.4) is 0 Å². The molecule has 10 heteroatoms. The van der Waals surface area contributed by atoms with E-state index in [-0.39, 0.29) is 0 Å². The summed E-state index contributed by atoms with van der Waals surface area (Å²) in [6.45, 7) is 2.38. The van der Waals surface area contributed by atoms with Gasteiger partial charge in [0.1, 0.15) is 17.5 Å². The van der Waals surface area contributed by atoms with Crippen molar-refractivity contribution in [2.45, 2.75) is 19.0 Å². The number of hydrogen-bond acceptors (Lipinski definition) is 6. The molecule has 2 heterocycles. The Balaban J connectivity index is 1.59. The normalized spacial score (nSPS) is 20.8. The Morgan fingerprint density at radius 3 is 2.38 bits per heavy atom. The zero-order valence-electron chi connectivity index (χ0n) is 20.0. The lowest BCUT2D eigenvalue weighted by atomic mass is 9.90. The highest BCUT2D eigenvalue weighted by molar-refractivity contribution is 9.10. The largest absolute Gasteiger partial charge is 0.496 e. The third-order valence-corrected chi connectivity index (χ3v) is 7.44. The first kappa shape index (κ1) is 25.4. The molecule has 37 heavy (non-hydrogen) atoms. The first-order valence-corrected chi connectivity index (χ1v) is 13.2. The van der Waals surface area contributed by atoms with E-state index in [0.29, 0.717) is 34.9 Å². The molecule has 2 aliphatic heterocycles. The lowest BCUT2D eigenvalue weighted by Crippen LogP contribution is -2.48. The summed E-state index contributed by atoms with van der Waals surface area (Å²) >= 11 is 6.88. The zero-order chi connectivity index (χ0) is 26.3. The molecule has 5 rings (SSSR count). The molecular formula is C27H23Br2N3O5. The lowest BCUT2D eigenvalue weighted by molar-refractivity contribution is -0.123. The summed E-state index contributed by atoms with van der Waals surface area (Å²) in [7, 11) is 1.54. The summed E-state index contributed by atoms with van der Waals surface area (Å²) in [6, 6.07) is 17.4. The number of carbonyl (C=O) groups is 3. The molecule has 0 saturated carbocycles. The van der Waals surface area contributed by atoms with E-state index < -0.39 is 35.7 Å². The maximum atomic E-state index is 13.9. The number of nitrogens with one attached hydrogen (secondary N) is 1. The number of nitrogens with zero attached hydrogens (tertiary/aromatic N) is 2. The van der Waals surface area contributed by atoms with Crippen LogP contribution in [0.5, 0.6) is 11.5 Å². The van der Waals surface area contributed by atoms with Crippen LogP contribution in [0.4, 0.5) is 5.69 Å². The van der Waals surface area contributed by atoms with Crippen LogP contribution >= 0.6 is 31.9 Å². The van der Waals surface area contributed by atoms with Crippen molar-refractivity contribution in [3.63, 3.8) is 0 Å². The van der Waals surface area contributed by atoms with E-state index in [1.54, 1.807) is 48.5 Å². The average molecular weight is 629 g/mol. The fourth-order valence-electron chi connectivity index (χ4n) is 4.85. The van der Waals surface area contributed by atoms with Gasteiger partial charge in [0.15, 0.2) is 0 Å². The summed E-state index contributed by atoms with van der Waals surface area (Å²) in [5, 5.41) is 1.28. The van der Waals surface area contributed by atoms with E-state index in [1.807, 2.05) is 25.1 Å². The second-order valence-corrected chi connectivity index (χ2v) is 10.4. The molecule has 3 aromatic rings. The van der Waals surface area contributed by atoms with Crippen LogP contribution < -0.4 is 19.8 Å². The molecule has 3 aromatic carbocycles. The number of imide groups is 1. The predicted octanol–water partition coefficient (Wildman–Crippen LogP) is 4.88. The smallest absolute Gasteiger partial charge is 0.268 e. The molecule has 0 radical (unpaired) electrons. The number of halogens is 2. The number of methoxy groups -OCH3 is 1. The van der Waals surface area contributed by atoms with Gasteiger partial charge in [-0.05, 0) is 67.6 Å². The van der Waals surface area contributed by atoms with E-state index in [2.05, 4.69) is 37.3 Å². The third kappa shape index (κ3) is 4.54. The maximum Gasteiger partial charge on any atom is 0.268 e. The summed E-state index contributed by atoms with van der Waals surface area (Å²) in [4.78, 5) is 42.5. The molecule has 1 N–H and O–H groups in total. The topological polar surface area (TPSA) is 88.2 Å². The van der Waals surface area contributed by atoms with E-state index >= 15 is 0 Å². The molecule has 0 bridgehead atoms. The van der Waals surface area contributed by atoms with Gasteiger partial charge < -0.3 is 9.47 Å². The van der Waals surface area contributed by atoms with Crippen LogP contribution in [0.15, 0.2) is 75.7 Å². The number of fused-ring (bicyclic) bond motifs is 1. The molecule has 2 aliphatic rings. The van der Waals surface area contributed by atoms with E-state index in [4.69, 9.17) is 9.47 Å². The van der Waals surface area contributed by atoms with Gasteiger partial charge in [-0.15, -0.1) is 0 Å². The van der Waals surface area contributed by atoms with Crippen molar-refractivity contribution in [2.24, 2.45) is 5.92 Å². The van der Waals surface area contributed by atoms with E-state index in [9.17, 15) is 14.4 Å². The SMILES string of the molecule is CCOc1ccc(N2C(=O)C3C(c4cc(Br)ccc4OC)NN(C(=O)c4cccc(Br)c4)C3C2=O)cc1. The van der Waals surface area contributed by atoms with Crippen LogP contribution in [-0.2, 0) is 9.59 Å². The fourth-order valence-corrected chi connectivity index (χ4v) is 5.63. The van der Waals surface area contributed by atoms with Crippen LogP contribution in [-0.4, -0.2) is 42.5 Å². The van der Waals surface area contributed by atoms with Gasteiger partial charge in [-0.3, -0.25) is 19.4 Å². The highest BCUT2D eigenvalue weighted by Gasteiger charge is 2.60. The van der Waals surface area contributed by atoms with Gasteiger partial charge in [-0.2, -0.15) is 0 Å². The van der Waals surface area contributed by atoms with Crippen LogP contribution in [0, 0.1) is 5.92 Å². The summed E-state index contributed by atoms with van der Waals surface area (Å²) < 4.78 is 12.6. The molecule has 3 unspecified atom stereocenters. The molecule has 3 atom stereocenters. The van der Waals surface area contributed by atoms with Crippen LogP contribution in [0.1, 0.15) is 28.9 Å². The summed E-state index contributed by atoms with van der Waals surface area (Å²) in [5.74, 6) is -0.984. The molecule has 0 aliphatic carbocycles. The Morgan fingerprint density at radius 2 is 1.70 bits per heavy atom. The van der Waals surface area contributed by atoms with Gasteiger partial charge in [0.05, 0.1) is 31.4 Å². The number of ether oxygens (including phenoxy) is 2. The van der Waals surface area contributed by atoms with Gasteiger partial charge in [0.2, 0.25) is 5.91 Å². The number of rotatable bonds is 6. The van der Waals surface area contributed by atoms with Crippen molar-refractivity contribution in [2.75, 3.05) is 18.6 Å². The highest BCUT2D eigenvalue weighted by atomic mass is 79.9. The van der Waals surface area contributed by atoms with Crippen molar-refractivity contribution < 1.29 is 23.9 Å². The lowest BCUT2D eigenvalue weighted by Gasteiger charge is -2.26. The number of hydrogen-bond donors (Lipinski definition) is 1. The second-order valence-electron chi connectivity index (χ2n) is 8.59. The van der Waals surface area contributed by atoms with Crippen molar-refractivity contribution in [1.29, 1.82) is 0 Å². The first-order chi connectivity index (χ1) is 17.8. The van der Waals surface area contributed by atoms with Crippen molar-refractivity contribution in [3.8, 4) is 11.5 Å². The van der Waals surface area contributed by atoms with Gasteiger partial charge in [0, 0.05) is 20.1 Å². The van der Waals surface area contributed by atoms with Gasteiger partial charge in [0.25, 0.3) is 11.8 Å². The molecule has 190 valence electrons. The quantitative estimate of drug-likeness (QED) is 0.392. The Kier molecular flexibility index (Phi) is 7.06. The Bertz CT molecular complexity index is 1380. The minimum absolute atomic E-state index is 0.377. The molecular weight excluding hydrogens is 606 g/mol. The fraction of sp³-hybridized carbons (Fsp3) is 0.222. The standard InChI is InChI=1S/C27H23Br2N3O5/c1-3-37-19-10-8-18(9-11-19)31-26(34)22-23(20-14-17(29)7-12-21(20)36-2)30-32(24(22)27(31)35)25(33)15-5-4-6-16(28)13-15/h4-14,22-24,30H,3H2,1-2H3. The van der Waals surface area contributed by atoms with Gasteiger partial charge >= 0.3 is 0 Å². The minimum atomic E-state index is -1.04. The van der Waals surface area contributed by atoms with E-state index in [1.165, 1.54) is 12.1 Å². The average Bonchev–Trinajstić information content (AvgIpc) is 3.41. The van der Waals surface area contributed by atoms with Crippen LogP contribution in [0.2, 0.25) is 0 Å². The number of amides is 3. The summed E-state index contributed by atoms with van der Waals surface area (Å²) in [6.07, 6.45) is 0. The molecule has 0 aromatic heterocycles. The molecule has 0 spiro atoms. The molecule has 3 amide bonds. The Hall–Kier alpha value is -3.21. The zero-order valence-corrected chi connectivity index (χ0v) is 23.2. The first-order valence-electron chi connectivity index (χ1n) is 11.6. The number of anilines is 1. The molecule has 2 fully saturated rings. The Morgan fingerprint density at radius 1 is 0.973 bits per heavy atom. The van der Waals surface area contributed by atoms with Gasteiger partial charge in [-0.25, -0.2) is 10.3 Å². The number of hydrazine groups is 1. The summed E-state index contributed by atoms with van der Waals surface area (Å²) in [5.41, 5.74) is 4.62.